The summed E-state index contributed by atoms with van der Waals surface area (Å²) >= 11 is 0. The fourth-order valence-corrected chi connectivity index (χ4v) is 5.03. The summed E-state index contributed by atoms with van der Waals surface area (Å²) in [6.07, 6.45) is 4.26. The molecule has 0 N–H and O–H groups in total. The molecule has 1 aromatic heterocycles. The van der Waals surface area contributed by atoms with Crippen molar-refractivity contribution in [3.05, 3.63) is 59.7 Å². The lowest BCUT2D eigenvalue weighted by Crippen LogP contribution is -2.53. The number of anilines is 1. The average Bonchev–Trinajstić information content (AvgIpc) is 3.56. The molecule has 0 radical (unpaired) electrons. The molecule has 2 heterocycles. The van der Waals surface area contributed by atoms with E-state index in [9.17, 15) is 14.0 Å². The van der Waals surface area contributed by atoms with Gasteiger partial charge in [-0.1, -0.05) is 18.9 Å². The predicted molar refractivity (Wildman–Crippen MR) is 133 cm³/mol. The summed E-state index contributed by atoms with van der Waals surface area (Å²) in [6, 6.07) is 12.2. The summed E-state index contributed by atoms with van der Waals surface area (Å²) < 4.78 is 20.7. The number of carbonyl (C=O) groups excluding carboxylic acids is 2. The standard InChI is InChI=1S/C27H30FN5O3/c1-18-14-20(10-11-23(18)28)26-29-27(19-6-3-4-7-19)33(30-26)17-24(34)31-12-13-32(25(35)16-31)21-8-5-9-22(15-21)36-2/h5,8-11,14-15,19H,3-4,6-7,12-13,16-17H2,1-2H3. The zero-order chi connectivity index (χ0) is 25.2. The van der Waals surface area contributed by atoms with Crippen LogP contribution in [0.25, 0.3) is 11.4 Å². The zero-order valence-corrected chi connectivity index (χ0v) is 20.6. The van der Waals surface area contributed by atoms with Gasteiger partial charge in [0, 0.05) is 36.3 Å². The average molecular weight is 492 g/mol. The van der Waals surface area contributed by atoms with E-state index in [-0.39, 0.29) is 36.6 Å². The molecule has 0 unspecified atom stereocenters. The highest BCUT2D eigenvalue weighted by Crippen LogP contribution is 2.34. The fraction of sp³-hybridized carbons (Fsp3) is 0.407. The van der Waals surface area contributed by atoms with Crippen LogP contribution in [0.2, 0.25) is 0 Å². The third-order valence-corrected chi connectivity index (χ3v) is 7.06. The number of methoxy groups -OCH3 is 1. The van der Waals surface area contributed by atoms with E-state index in [1.54, 1.807) is 40.6 Å². The first-order valence-corrected chi connectivity index (χ1v) is 12.4. The highest BCUT2D eigenvalue weighted by molar-refractivity contribution is 5.98. The molecule has 0 atom stereocenters. The lowest BCUT2D eigenvalue weighted by Gasteiger charge is -2.34. The van der Waals surface area contributed by atoms with Gasteiger partial charge in [0.25, 0.3) is 0 Å². The summed E-state index contributed by atoms with van der Waals surface area (Å²) in [5.41, 5.74) is 2.00. The van der Waals surface area contributed by atoms with Gasteiger partial charge in [0.15, 0.2) is 5.82 Å². The number of hydrogen-bond acceptors (Lipinski definition) is 5. The van der Waals surface area contributed by atoms with Crippen molar-refractivity contribution in [1.82, 2.24) is 19.7 Å². The Balaban J connectivity index is 1.33. The van der Waals surface area contributed by atoms with E-state index in [0.29, 0.717) is 30.2 Å². The number of benzene rings is 2. The van der Waals surface area contributed by atoms with Crippen molar-refractivity contribution in [1.29, 1.82) is 0 Å². The molecule has 0 bridgehead atoms. The van der Waals surface area contributed by atoms with Gasteiger partial charge in [-0.25, -0.2) is 14.1 Å². The monoisotopic (exact) mass is 491 g/mol. The van der Waals surface area contributed by atoms with Crippen LogP contribution in [0.15, 0.2) is 42.5 Å². The van der Waals surface area contributed by atoms with Gasteiger partial charge in [-0.15, -0.1) is 0 Å². The van der Waals surface area contributed by atoms with Crippen LogP contribution >= 0.6 is 0 Å². The summed E-state index contributed by atoms with van der Waals surface area (Å²) in [7, 11) is 1.59. The maximum absolute atomic E-state index is 13.8. The van der Waals surface area contributed by atoms with Crippen molar-refractivity contribution < 1.29 is 18.7 Å². The Labute approximate surface area is 209 Å². The lowest BCUT2D eigenvalue weighted by molar-refractivity contribution is -0.137. The van der Waals surface area contributed by atoms with E-state index in [1.165, 1.54) is 6.07 Å². The van der Waals surface area contributed by atoms with Crippen LogP contribution in [-0.2, 0) is 16.1 Å². The Morgan fingerprint density at radius 2 is 1.94 bits per heavy atom. The molecule has 8 nitrogen and oxygen atoms in total. The Hall–Kier alpha value is -3.75. The first kappa shape index (κ1) is 24.0. The van der Waals surface area contributed by atoms with Gasteiger partial charge in [-0.05, 0) is 55.7 Å². The van der Waals surface area contributed by atoms with Crippen molar-refractivity contribution in [2.24, 2.45) is 0 Å². The SMILES string of the molecule is COc1cccc(N2CCN(C(=O)Cn3nc(-c4ccc(F)c(C)c4)nc3C3CCCC3)CC2=O)c1. The third kappa shape index (κ3) is 4.82. The number of ether oxygens (including phenoxy) is 1. The van der Waals surface area contributed by atoms with Gasteiger partial charge in [0.05, 0.1) is 7.11 Å². The minimum atomic E-state index is -0.276. The minimum Gasteiger partial charge on any atom is -0.497 e. The number of rotatable bonds is 6. The molecule has 0 spiro atoms. The fourth-order valence-electron chi connectivity index (χ4n) is 5.03. The van der Waals surface area contributed by atoms with Crippen LogP contribution in [0.1, 0.15) is 43.0 Å². The van der Waals surface area contributed by atoms with Crippen LogP contribution in [0.5, 0.6) is 5.75 Å². The molecule has 188 valence electrons. The number of hydrogen-bond donors (Lipinski definition) is 0. The summed E-state index contributed by atoms with van der Waals surface area (Å²) in [5.74, 6) is 1.62. The van der Waals surface area contributed by atoms with Crippen molar-refractivity contribution in [3.8, 4) is 17.1 Å². The largest absolute Gasteiger partial charge is 0.497 e. The summed E-state index contributed by atoms with van der Waals surface area (Å²) in [6.45, 7) is 2.57. The lowest BCUT2D eigenvalue weighted by atomic mass is 10.1. The normalized spacial score (nSPS) is 16.6. The van der Waals surface area contributed by atoms with Crippen molar-refractivity contribution >= 4 is 17.5 Å². The second-order valence-electron chi connectivity index (χ2n) is 9.46. The molecule has 5 rings (SSSR count). The van der Waals surface area contributed by atoms with Crippen LogP contribution in [0.4, 0.5) is 10.1 Å². The van der Waals surface area contributed by atoms with E-state index < -0.39 is 0 Å². The summed E-state index contributed by atoms with van der Waals surface area (Å²) in [4.78, 5) is 34.2. The van der Waals surface area contributed by atoms with Gasteiger partial charge in [-0.3, -0.25) is 9.59 Å². The molecule has 2 aromatic carbocycles. The van der Waals surface area contributed by atoms with Gasteiger partial charge >= 0.3 is 0 Å². The molecule has 9 heteroatoms. The van der Waals surface area contributed by atoms with Crippen molar-refractivity contribution in [3.63, 3.8) is 0 Å². The molecule has 2 aliphatic rings. The van der Waals surface area contributed by atoms with Crippen LogP contribution in [0, 0.1) is 12.7 Å². The summed E-state index contributed by atoms with van der Waals surface area (Å²) in [5, 5.41) is 4.66. The first-order chi connectivity index (χ1) is 17.4. The smallest absolute Gasteiger partial charge is 0.246 e. The van der Waals surface area contributed by atoms with E-state index in [2.05, 4.69) is 5.10 Å². The number of nitrogens with zero attached hydrogens (tertiary/aromatic N) is 5. The molecule has 2 amide bonds. The molecule has 1 saturated carbocycles. The molecule has 1 saturated heterocycles. The van der Waals surface area contributed by atoms with Crippen molar-refractivity contribution in [2.45, 2.75) is 45.1 Å². The highest BCUT2D eigenvalue weighted by atomic mass is 19.1. The molecule has 3 aromatic rings. The van der Waals surface area contributed by atoms with Gasteiger partial charge < -0.3 is 14.5 Å². The molecule has 2 fully saturated rings. The molecule has 1 aliphatic carbocycles. The number of amides is 2. The number of carbonyl (C=O) groups is 2. The Morgan fingerprint density at radius 3 is 2.67 bits per heavy atom. The maximum Gasteiger partial charge on any atom is 0.246 e. The first-order valence-electron chi connectivity index (χ1n) is 12.4. The molecular formula is C27H30FN5O3. The number of halogens is 1. The molecule has 1 aliphatic heterocycles. The van der Waals surface area contributed by atoms with Gasteiger partial charge in [0.2, 0.25) is 11.8 Å². The Morgan fingerprint density at radius 1 is 1.14 bits per heavy atom. The quantitative estimate of drug-likeness (QED) is 0.522. The maximum atomic E-state index is 13.8. The van der Waals surface area contributed by atoms with E-state index in [4.69, 9.17) is 9.72 Å². The highest BCUT2D eigenvalue weighted by Gasteiger charge is 2.30. The zero-order valence-electron chi connectivity index (χ0n) is 20.6. The third-order valence-electron chi connectivity index (χ3n) is 7.06. The Kier molecular flexibility index (Phi) is 6.71. The van der Waals surface area contributed by atoms with Gasteiger partial charge in [-0.2, -0.15) is 5.10 Å². The van der Waals surface area contributed by atoms with Crippen molar-refractivity contribution in [2.75, 3.05) is 31.6 Å². The predicted octanol–water partition coefficient (Wildman–Crippen LogP) is 3.93. The van der Waals surface area contributed by atoms with Gasteiger partial charge in [0.1, 0.15) is 30.5 Å². The second kappa shape index (κ2) is 10.1. The molecule has 36 heavy (non-hydrogen) atoms. The van der Waals surface area contributed by atoms with Crippen LogP contribution in [0.3, 0.4) is 0 Å². The van der Waals surface area contributed by atoms with E-state index in [1.807, 2.05) is 24.3 Å². The number of piperazine rings is 1. The Bertz CT molecular complexity index is 1280. The minimum absolute atomic E-state index is 0.00746. The van der Waals surface area contributed by atoms with Crippen LogP contribution < -0.4 is 9.64 Å². The second-order valence-corrected chi connectivity index (χ2v) is 9.46. The van der Waals surface area contributed by atoms with E-state index >= 15 is 0 Å². The van der Waals surface area contributed by atoms with Crippen LogP contribution in [-0.4, -0.2) is 58.2 Å². The topological polar surface area (TPSA) is 80.6 Å². The molecular weight excluding hydrogens is 461 g/mol. The van der Waals surface area contributed by atoms with E-state index in [0.717, 1.165) is 42.8 Å². The number of aromatic nitrogens is 3. The number of aryl methyl sites for hydroxylation is 1.